The monoisotopic (exact) mass is 356 g/mol. The number of piperidine rings is 1. The maximum atomic E-state index is 11.3. The number of hydrogen-bond acceptors (Lipinski definition) is 1. The summed E-state index contributed by atoms with van der Waals surface area (Å²) in [4.78, 5) is 11.3. The summed E-state index contributed by atoms with van der Waals surface area (Å²) in [6.07, 6.45) is 2.02. The number of rotatable bonds is 2. The number of carbonyl (C=O) groups is 1. The second-order valence-electron chi connectivity index (χ2n) is 3.61. The van der Waals surface area contributed by atoms with Gasteiger partial charge in [0.25, 0.3) is 0 Å². The number of nitrogens with zero attached hydrogens (tertiary/aromatic N) is 1. The van der Waals surface area contributed by atoms with Gasteiger partial charge in [-0.15, -0.1) is 13.1 Å². The fourth-order valence-electron chi connectivity index (χ4n) is 1.26. The quantitative estimate of drug-likeness (QED) is 0.797. The van der Waals surface area contributed by atoms with E-state index in [9.17, 15) is 4.79 Å². The van der Waals surface area contributed by atoms with E-state index in [2.05, 4.69) is 10.6 Å². The predicted octanol–water partition coefficient (Wildman–Crippen LogP) is 1.29. The molecule has 1 heterocycles. The summed E-state index contributed by atoms with van der Waals surface area (Å²) in [5, 5.41) is 7.25. The van der Waals surface area contributed by atoms with Crippen molar-refractivity contribution in [1.29, 1.82) is 0 Å². The first-order valence-corrected chi connectivity index (χ1v) is 4.64. The summed E-state index contributed by atoms with van der Waals surface area (Å²) in [6, 6.07) is 0.373. The second kappa shape index (κ2) is 6.53. The molecule has 1 amide bonds. The fourth-order valence-corrected chi connectivity index (χ4v) is 1.26. The molecule has 1 saturated heterocycles. The molecule has 1 fully saturated rings. The van der Waals surface area contributed by atoms with E-state index in [1.165, 1.54) is 0 Å². The van der Waals surface area contributed by atoms with Crippen LogP contribution in [0.5, 0.6) is 0 Å². The Balaban J connectivity index is 0.00000144. The minimum atomic E-state index is 0. The van der Waals surface area contributed by atoms with Gasteiger partial charge >= 0.3 is 0 Å². The molecule has 1 aliphatic heterocycles. The number of carbonyl (C=O) groups excluding carboxylic acids is 1. The first-order chi connectivity index (χ1) is 5.70. The summed E-state index contributed by atoms with van der Waals surface area (Å²) in [6.45, 7) is 5.65. The van der Waals surface area contributed by atoms with Crippen LogP contribution < -0.4 is 5.32 Å². The van der Waals surface area contributed by atoms with E-state index >= 15 is 0 Å². The molecule has 0 atom stereocenters. The summed E-state index contributed by atoms with van der Waals surface area (Å²) in [5.74, 6) is 0.269. The van der Waals surface area contributed by atoms with Gasteiger partial charge in [-0.25, -0.2) is 0 Å². The molecule has 77 valence electrons. The SMILES string of the molecule is CC(C)C(=O)NC1CC[N-]CC1.[Re]. The van der Waals surface area contributed by atoms with Crippen LogP contribution in [-0.2, 0) is 25.2 Å². The molecule has 1 radical (unpaired) electrons. The molecule has 0 saturated carbocycles. The van der Waals surface area contributed by atoms with E-state index in [0.717, 1.165) is 25.9 Å². The van der Waals surface area contributed by atoms with E-state index in [-0.39, 0.29) is 32.2 Å². The first-order valence-electron chi connectivity index (χ1n) is 4.64. The van der Waals surface area contributed by atoms with Gasteiger partial charge in [0.1, 0.15) is 0 Å². The van der Waals surface area contributed by atoms with Crippen molar-refractivity contribution in [1.82, 2.24) is 5.32 Å². The second-order valence-corrected chi connectivity index (χ2v) is 3.61. The fraction of sp³-hybridized carbons (Fsp3) is 0.889. The zero-order valence-corrected chi connectivity index (χ0v) is 10.9. The Morgan fingerprint density at radius 2 is 1.92 bits per heavy atom. The van der Waals surface area contributed by atoms with Gasteiger partial charge in [-0.2, -0.15) is 0 Å². The van der Waals surface area contributed by atoms with E-state index in [0.29, 0.717) is 6.04 Å². The van der Waals surface area contributed by atoms with Crippen LogP contribution in [0.4, 0.5) is 0 Å². The average Bonchev–Trinajstić information content (AvgIpc) is 2.06. The van der Waals surface area contributed by atoms with Gasteiger partial charge < -0.3 is 10.6 Å². The molecule has 4 heteroatoms. The van der Waals surface area contributed by atoms with Crippen molar-refractivity contribution in [3.8, 4) is 0 Å². The minimum Gasteiger partial charge on any atom is -0.662 e. The number of amides is 1. The molecule has 0 bridgehead atoms. The van der Waals surface area contributed by atoms with Gasteiger partial charge in [0.2, 0.25) is 5.91 Å². The van der Waals surface area contributed by atoms with Crippen molar-refractivity contribution < 1.29 is 25.2 Å². The Kier molecular flexibility index (Phi) is 6.58. The van der Waals surface area contributed by atoms with Crippen molar-refractivity contribution in [3.63, 3.8) is 0 Å². The van der Waals surface area contributed by atoms with Gasteiger partial charge in [0.05, 0.1) is 0 Å². The molecule has 0 aliphatic carbocycles. The number of hydrogen-bond donors (Lipinski definition) is 1. The Morgan fingerprint density at radius 3 is 2.38 bits per heavy atom. The standard InChI is InChI=1S/C9H17N2O.Re/c1-7(2)9(12)11-8-3-5-10-6-4-8;/h7-8H,3-6H2,1-2H3,(H,11,12);/q-1;. The van der Waals surface area contributed by atoms with Crippen LogP contribution in [0.15, 0.2) is 0 Å². The van der Waals surface area contributed by atoms with Gasteiger partial charge in [-0.1, -0.05) is 26.7 Å². The molecule has 0 aromatic rings. The summed E-state index contributed by atoms with van der Waals surface area (Å²) in [7, 11) is 0. The normalized spacial score (nSPS) is 18.1. The first kappa shape index (κ1) is 13.1. The Morgan fingerprint density at radius 1 is 1.38 bits per heavy atom. The van der Waals surface area contributed by atoms with Crippen molar-refractivity contribution in [3.05, 3.63) is 5.32 Å². The van der Waals surface area contributed by atoms with Crippen molar-refractivity contribution in [2.75, 3.05) is 13.1 Å². The van der Waals surface area contributed by atoms with Crippen LogP contribution in [0.3, 0.4) is 0 Å². The van der Waals surface area contributed by atoms with Crippen molar-refractivity contribution in [2.45, 2.75) is 32.7 Å². The molecule has 13 heavy (non-hydrogen) atoms. The smallest absolute Gasteiger partial charge is 0.222 e. The zero-order valence-electron chi connectivity index (χ0n) is 8.22. The molecule has 0 aromatic carbocycles. The van der Waals surface area contributed by atoms with E-state index in [1.54, 1.807) is 0 Å². The van der Waals surface area contributed by atoms with Crippen LogP contribution >= 0.6 is 0 Å². The largest absolute Gasteiger partial charge is 0.662 e. The Labute approximate surface area is 93.7 Å². The van der Waals surface area contributed by atoms with Crippen LogP contribution in [0.25, 0.3) is 5.32 Å². The molecule has 0 unspecified atom stereocenters. The summed E-state index contributed by atoms with van der Waals surface area (Å²) >= 11 is 0. The molecule has 1 rings (SSSR count). The summed E-state index contributed by atoms with van der Waals surface area (Å²) in [5.41, 5.74) is 0. The van der Waals surface area contributed by atoms with Crippen LogP contribution in [0.2, 0.25) is 0 Å². The van der Waals surface area contributed by atoms with Gasteiger partial charge in [0, 0.05) is 32.4 Å². The third-order valence-corrected chi connectivity index (χ3v) is 2.14. The third-order valence-electron chi connectivity index (χ3n) is 2.14. The van der Waals surface area contributed by atoms with Gasteiger partial charge in [-0.05, 0) is 0 Å². The van der Waals surface area contributed by atoms with Crippen LogP contribution in [0, 0.1) is 5.92 Å². The Bertz CT molecular complexity index is 156. The maximum absolute atomic E-state index is 11.3. The van der Waals surface area contributed by atoms with Gasteiger partial charge in [0.15, 0.2) is 0 Å². The third kappa shape index (κ3) is 4.76. The molecule has 3 nitrogen and oxygen atoms in total. The predicted molar refractivity (Wildman–Crippen MR) is 49.1 cm³/mol. The van der Waals surface area contributed by atoms with E-state index in [1.807, 2.05) is 13.8 Å². The zero-order chi connectivity index (χ0) is 8.97. The van der Waals surface area contributed by atoms with Crippen molar-refractivity contribution >= 4 is 5.91 Å². The molecular formula is C9H17N2ORe-. The molecule has 0 aromatic heterocycles. The maximum Gasteiger partial charge on any atom is 0.222 e. The van der Waals surface area contributed by atoms with Crippen LogP contribution in [0.1, 0.15) is 26.7 Å². The topological polar surface area (TPSA) is 43.2 Å². The number of nitrogens with one attached hydrogen (secondary N) is 1. The minimum absolute atomic E-state index is 0. The Hall–Kier alpha value is 0.0923. The average molecular weight is 355 g/mol. The van der Waals surface area contributed by atoms with E-state index in [4.69, 9.17) is 0 Å². The molecule has 1 aliphatic rings. The van der Waals surface area contributed by atoms with Gasteiger partial charge in [-0.3, -0.25) is 4.79 Å². The summed E-state index contributed by atoms with van der Waals surface area (Å²) < 4.78 is 0. The molecule has 0 spiro atoms. The molecular weight excluding hydrogens is 338 g/mol. The van der Waals surface area contributed by atoms with E-state index < -0.39 is 0 Å². The van der Waals surface area contributed by atoms with Crippen molar-refractivity contribution in [2.24, 2.45) is 5.92 Å². The molecule has 1 N–H and O–H groups in total. The van der Waals surface area contributed by atoms with Crippen LogP contribution in [-0.4, -0.2) is 25.0 Å².